The van der Waals surface area contributed by atoms with E-state index in [1.807, 2.05) is 13.8 Å². The van der Waals surface area contributed by atoms with Crippen LogP contribution < -0.4 is 5.73 Å². The first-order chi connectivity index (χ1) is 7.95. The number of rotatable bonds is 5. The van der Waals surface area contributed by atoms with Crippen LogP contribution in [0.4, 0.5) is 5.82 Å². The van der Waals surface area contributed by atoms with Gasteiger partial charge in [0.2, 0.25) is 0 Å². The maximum Gasteiger partial charge on any atom is 0.159 e. The van der Waals surface area contributed by atoms with Crippen LogP contribution in [-0.2, 0) is 11.2 Å². The molecule has 0 bridgehead atoms. The Hall–Kier alpha value is -0.430. The van der Waals surface area contributed by atoms with Crippen molar-refractivity contribution in [2.75, 3.05) is 12.3 Å². The second-order valence-electron chi connectivity index (χ2n) is 4.42. The van der Waals surface area contributed by atoms with Crippen LogP contribution in [-0.4, -0.2) is 16.6 Å². The van der Waals surface area contributed by atoms with E-state index >= 15 is 0 Å². The Kier molecular flexibility index (Phi) is 5.58. The first-order valence-corrected chi connectivity index (χ1v) is 6.96. The maximum atomic E-state index is 5.92. The molecule has 0 saturated carbocycles. The molecule has 1 rings (SSSR count). The molecule has 0 aliphatic rings. The topological polar surface area (TPSA) is 61.0 Å². The van der Waals surface area contributed by atoms with Crippen molar-refractivity contribution in [1.29, 1.82) is 0 Å². The fourth-order valence-corrected chi connectivity index (χ4v) is 2.02. The van der Waals surface area contributed by atoms with Crippen LogP contribution in [0.5, 0.6) is 0 Å². The zero-order valence-corrected chi connectivity index (χ0v) is 13.0. The van der Waals surface area contributed by atoms with Crippen molar-refractivity contribution in [3.8, 4) is 0 Å². The van der Waals surface area contributed by atoms with Gasteiger partial charge in [0.25, 0.3) is 0 Å². The van der Waals surface area contributed by atoms with Crippen molar-refractivity contribution in [3.63, 3.8) is 0 Å². The Morgan fingerprint density at radius 2 is 1.94 bits per heavy atom. The molecule has 0 aliphatic carbocycles. The van der Waals surface area contributed by atoms with Gasteiger partial charge < -0.3 is 10.5 Å². The van der Waals surface area contributed by atoms with Gasteiger partial charge in [0.1, 0.15) is 11.9 Å². The van der Waals surface area contributed by atoms with Crippen LogP contribution in [0.2, 0.25) is 0 Å². The van der Waals surface area contributed by atoms with Crippen LogP contribution in [0.25, 0.3) is 0 Å². The van der Waals surface area contributed by atoms with Crippen molar-refractivity contribution in [2.45, 2.75) is 40.2 Å². The Labute approximate surface area is 117 Å². The summed E-state index contributed by atoms with van der Waals surface area (Å²) < 4.78 is 6.46. The highest BCUT2D eigenvalue weighted by Crippen LogP contribution is 2.22. The monoisotopic (exact) mass is 349 g/mol. The standard InChI is InChI=1S/C12H20IN3O/c1-5-17-8(4)12-15-9(6-7(2)3)10(13)11(14)16-12/h7-8H,5-6H2,1-4H3,(H2,14,15,16). The van der Waals surface area contributed by atoms with Gasteiger partial charge in [0, 0.05) is 6.61 Å². The molecule has 1 aromatic rings. The largest absolute Gasteiger partial charge is 0.383 e. The van der Waals surface area contributed by atoms with E-state index in [4.69, 9.17) is 10.5 Å². The SMILES string of the molecule is CCOC(C)c1nc(N)c(I)c(CC(C)C)n1. The number of nitrogen functional groups attached to an aromatic ring is 1. The van der Waals surface area contributed by atoms with Gasteiger partial charge in [-0.1, -0.05) is 13.8 Å². The molecule has 4 nitrogen and oxygen atoms in total. The lowest BCUT2D eigenvalue weighted by atomic mass is 10.1. The second kappa shape index (κ2) is 6.49. The summed E-state index contributed by atoms with van der Waals surface area (Å²) in [6.45, 7) is 8.89. The Balaban J connectivity index is 3.05. The van der Waals surface area contributed by atoms with Gasteiger partial charge in [0.05, 0.1) is 9.26 Å². The van der Waals surface area contributed by atoms with E-state index in [2.05, 4.69) is 46.4 Å². The third-order valence-corrected chi connectivity index (χ3v) is 3.52. The molecule has 0 spiro atoms. The number of ether oxygens (including phenoxy) is 1. The first kappa shape index (κ1) is 14.6. The minimum Gasteiger partial charge on any atom is -0.383 e. The van der Waals surface area contributed by atoms with Crippen LogP contribution in [0.1, 0.15) is 45.3 Å². The number of aromatic nitrogens is 2. The molecule has 1 heterocycles. The summed E-state index contributed by atoms with van der Waals surface area (Å²) in [6, 6.07) is 0. The third-order valence-electron chi connectivity index (χ3n) is 2.34. The molecule has 5 heteroatoms. The van der Waals surface area contributed by atoms with Gasteiger partial charge in [-0.3, -0.25) is 0 Å². The van der Waals surface area contributed by atoms with Crippen molar-refractivity contribution >= 4 is 28.4 Å². The number of anilines is 1. The Bertz CT molecular complexity index is 382. The molecule has 0 radical (unpaired) electrons. The summed E-state index contributed by atoms with van der Waals surface area (Å²) in [6.07, 6.45) is 0.807. The van der Waals surface area contributed by atoms with E-state index in [0.29, 0.717) is 24.2 Å². The summed E-state index contributed by atoms with van der Waals surface area (Å²) >= 11 is 2.21. The van der Waals surface area contributed by atoms with E-state index in [9.17, 15) is 0 Å². The minimum atomic E-state index is -0.106. The van der Waals surface area contributed by atoms with Gasteiger partial charge in [0.15, 0.2) is 5.82 Å². The molecule has 0 saturated heterocycles. The molecule has 0 amide bonds. The third kappa shape index (κ3) is 4.06. The summed E-state index contributed by atoms with van der Waals surface area (Å²) in [4.78, 5) is 8.86. The highest BCUT2D eigenvalue weighted by Gasteiger charge is 2.15. The van der Waals surface area contributed by atoms with Crippen molar-refractivity contribution in [2.24, 2.45) is 5.92 Å². The van der Waals surface area contributed by atoms with Crippen LogP contribution in [0.3, 0.4) is 0 Å². The number of hydrogen-bond donors (Lipinski definition) is 1. The minimum absolute atomic E-state index is 0.106. The number of halogens is 1. The zero-order chi connectivity index (χ0) is 13.0. The lowest BCUT2D eigenvalue weighted by Gasteiger charge is -2.14. The van der Waals surface area contributed by atoms with Crippen molar-refractivity contribution < 1.29 is 4.74 Å². The predicted octanol–water partition coefficient (Wildman–Crippen LogP) is 2.96. The summed E-state index contributed by atoms with van der Waals surface area (Å²) in [7, 11) is 0. The van der Waals surface area contributed by atoms with E-state index in [-0.39, 0.29) is 6.10 Å². The Morgan fingerprint density at radius 1 is 1.29 bits per heavy atom. The fourth-order valence-electron chi connectivity index (χ4n) is 1.56. The summed E-state index contributed by atoms with van der Waals surface area (Å²) in [5, 5.41) is 0. The molecule has 0 aromatic carbocycles. The van der Waals surface area contributed by atoms with Gasteiger partial charge >= 0.3 is 0 Å². The van der Waals surface area contributed by atoms with Crippen molar-refractivity contribution in [1.82, 2.24) is 9.97 Å². The predicted molar refractivity (Wildman–Crippen MR) is 77.7 cm³/mol. The first-order valence-electron chi connectivity index (χ1n) is 5.89. The van der Waals surface area contributed by atoms with Gasteiger partial charge in [-0.2, -0.15) is 0 Å². The summed E-state index contributed by atoms with van der Waals surface area (Å²) in [5.74, 6) is 1.78. The molecule has 0 fully saturated rings. The van der Waals surface area contributed by atoms with E-state index < -0.39 is 0 Å². The quantitative estimate of drug-likeness (QED) is 0.831. The van der Waals surface area contributed by atoms with Crippen LogP contribution >= 0.6 is 22.6 Å². The number of nitrogens with two attached hydrogens (primary N) is 1. The highest BCUT2D eigenvalue weighted by atomic mass is 127. The molecule has 2 N–H and O–H groups in total. The Morgan fingerprint density at radius 3 is 2.47 bits per heavy atom. The van der Waals surface area contributed by atoms with Crippen molar-refractivity contribution in [3.05, 3.63) is 15.1 Å². The number of nitrogens with zero attached hydrogens (tertiary/aromatic N) is 2. The smallest absolute Gasteiger partial charge is 0.159 e. The van der Waals surface area contributed by atoms with E-state index in [0.717, 1.165) is 15.7 Å². The van der Waals surface area contributed by atoms with E-state index in [1.54, 1.807) is 0 Å². The second-order valence-corrected chi connectivity index (χ2v) is 5.50. The lowest BCUT2D eigenvalue weighted by molar-refractivity contribution is 0.0699. The molecule has 96 valence electrons. The average Bonchev–Trinajstić information content (AvgIpc) is 2.24. The van der Waals surface area contributed by atoms with Crippen LogP contribution in [0, 0.1) is 9.49 Å². The molecular weight excluding hydrogens is 329 g/mol. The van der Waals surface area contributed by atoms with Gasteiger partial charge in [-0.15, -0.1) is 0 Å². The lowest BCUT2D eigenvalue weighted by Crippen LogP contribution is -2.13. The molecule has 1 unspecified atom stereocenters. The number of hydrogen-bond acceptors (Lipinski definition) is 4. The average molecular weight is 349 g/mol. The molecular formula is C12H20IN3O. The fraction of sp³-hybridized carbons (Fsp3) is 0.667. The highest BCUT2D eigenvalue weighted by molar-refractivity contribution is 14.1. The molecule has 0 aliphatic heterocycles. The summed E-state index contributed by atoms with van der Waals surface area (Å²) in [5.41, 5.74) is 6.94. The molecule has 1 aromatic heterocycles. The normalized spacial score (nSPS) is 13.1. The van der Waals surface area contributed by atoms with Crippen LogP contribution in [0.15, 0.2) is 0 Å². The molecule has 17 heavy (non-hydrogen) atoms. The van der Waals surface area contributed by atoms with Gasteiger partial charge in [-0.05, 0) is 48.8 Å². The van der Waals surface area contributed by atoms with E-state index in [1.165, 1.54) is 0 Å². The molecule has 1 atom stereocenters. The maximum absolute atomic E-state index is 5.92. The zero-order valence-electron chi connectivity index (χ0n) is 10.8. The van der Waals surface area contributed by atoms with Gasteiger partial charge in [-0.25, -0.2) is 9.97 Å².